The first-order valence-electron chi connectivity index (χ1n) is 7.94. The van der Waals surface area contributed by atoms with Gasteiger partial charge >= 0.3 is 6.03 Å². The van der Waals surface area contributed by atoms with Gasteiger partial charge in [0, 0.05) is 31.3 Å². The Kier molecular flexibility index (Phi) is 5.26. The molecule has 1 aromatic rings. The second-order valence-electron chi connectivity index (χ2n) is 6.08. The molecule has 0 saturated carbocycles. The Morgan fingerprint density at radius 1 is 1.28 bits per heavy atom. The van der Waals surface area contributed by atoms with E-state index in [0.29, 0.717) is 54.9 Å². The van der Waals surface area contributed by atoms with Gasteiger partial charge < -0.3 is 19.7 Å². The third-order valence-corrected chi connectivity index (χ3v) is 5.04. The number of carbonyl (C=O) groups is 1. The topological polar surface area (TPSA) is 97.0 Å². The van der Waals surface area contributed by atoms with Gasteiger partial charge in [-0.2, -0.15) is 0 Å². The van der Waals surface area contributed by atoms with E-state index in [2.05, 4.69) is 10.0 Å². The molecule has 1 fully saturated rings. The minimum Gasteiger partial charge on any atom is -0.486 e. The van der Waals surface area contributed by atoms with Crippen LogP contribution < -0.4 is 19.5 Å². The summed E-state index contributed by atoms with van der Waals surface area (Å²) in [7, 11) is -3.31. The van der Waals surface area contributed by atoms with Gasteiger partial charge in [0.05, 0.1) is 17.0 Å². The maximum absolute atomic E-state index is 12.5. The Morgan fingerprint density at radius 2 is 1.96 bits per heavy atom. The summed E-state index contributed by atoms with van der Waals surface area (Å²) in [5.74, 6) is 1.07. The Hall–Kier alpha value is -1.71. The van der Waals surface area contributed by atoms with E-state index in [1.165, 1.54) is 0 Å². The number of sulfonamides is 1. The van der Waals surface area contributed by atoms with Crippen molar-refractivity contribution >= 4 is 33.3 Å². The molecule has 0 bridgehead atoms. The molecule has 2 N–H and O–H groups in total. The number of benzene rings is 1. The fourth-order valence-electron chi connectivity index (χ4n) is 2.91. The van der Waals surface area contributed by atoms with Gasteiger partial charge in [0.25, 0.3) is 0 Å². The minimum atomic E-state index is -3.31. The number of ether oxygens (including phenoxy) is 2. The molecule has 2 heterocycles. The summed E-state index contributed by atoms with van der Waals surface area (Å²) >= 11 is 6.20. The standard InChI is InChI=1S/C15H20ClN3O5S/c1-25(21,22)18-10-3-2-4-19(9-10)15(20)17-12-8-14-13(7-11(12)16)23-5-6-24-14/h7-8,10,18H,2-6,9H2,1H3,(H,17,20)/t10-/m0/s1. The Labute approximate surface area is 151 Å². The highest BCUT2D eigenvalue weighted by atomic mass is 35.5. The Morgan fingerprint density at radius 3 is 2.64 bits per heavy atom. The number of nitrogens with zero attached hydrogens (tertiary/aromatic N) is 1. The second-order valence-corrected chi connectivity index (χ2v) is 8.27. The normalized spacial score (nSPS) is 20.2. The van der Waals surface area contributed by atoms with Crippen LogP contribution in [0.2, 0.25) is 5.02 Å². The first kappa shape index (κ1) is 18.1. The first-order chi connectivity index (χ1) is 11.8. The number of halogens is 1. The fourth-order valence-corrected chi connectivity index (χ4v) is 3.91. The first-order valence-corrected chi connectivity index (χ1v) is 10.2. The van der Waals surface area contributed by atoms with Crippen LogP contribution in [0.3, 0.4) is 0 Å². The molecule has 1 saturated heterocycles. The van der Waals surface area contributed by atoms with Gasteiger partial charge in [-0.05, 0) is 12.8 Å². The zero-order chi connectivity index (χ0) is 18.0. The van der Waals surface area contributed by atoms with Crippen LogP contribution in [0.1, 0.15) is 12.8 Å². The second kappa shape index (κ2) is 7.27. The maximum Gasteiger partial charge on any atom is 0.321 e. The summed E-state index contributed by atoms with van der Waals surface area (Å²) in [6.45, 7) is 1.75. The van der Waals surface area contributed by atoms with Crippen molar-refractivity contribution in [2.24, 2.45) is 0 Å². The maximum atomic E-state index is 12.5. The summed E-state index contributed by atoms with van der Waals surface area (Å²) in [5, 5.41) is 3.10. The highest BCUT2D eigenvalue weighted by Crippen LogP contribution is 2.38. The number of piperidine rings is 1. The van der Waals surface area contributed by atoms with E-state index in [1.807, 2.05) is 0 Å². The molecule has 8 nitrogen and oxygen atoms in total. The van der Waals surface area contributed by atoms with Gasteiger partial charge in [-0.25, -0.2) is 17.9 Å². The summed E-state index contributed by atoms with van der Waals surface area (Å²) in [5.41, 5.74) is 0.425. The number of likely N-dealkylation sites (tertiary alicyclic amines) is 1. The molecule has 0 radical (unpaired) electrons. The van der Waals surface area contributed by atoms with Crippen molar-refractivity contribution < 1.29 is 22.7 Å². The number of fused-ring (bicyclic) bond motifs is 1. The van der Waals surface area contributed by atoms with E-state index in [-0.39, 0.29) is 12.1 Å². The summed E-state index contributed by atoms with van der Waals surface area (Å²) in [6, 6.07) is 2.62. The number of urea groups is 1. The van der Waals surface area contributed by atoms with Crippen LogP contribution in [0, 0.1) is 0 Å². The van der Waals surface area contributed by atoms with Crippen molar-refractivity contribution in [3.63, 3.8) is 0 Å². The van der Waals surface area contributed by atoms with Crippen LogP contribution in [0.5, 0.6) is 11.5 Å². The van der Waals surface area contributed by atoms with E-state index < -0.39 is 10.0 Å². The summed E-state index contributed by atoms with van der Waals surface area (Å²) < 4.78 is 36.2. The highest BCUT2D eigenvalue weighted by molar-refractivity contribution is 7.88. The van der Waals surface area contributed by atoms with Gasteiger partial charge in [-0.15, -0.1) is 0 Å². The molecule has 0 unspecified atom stereocenters. The van der Waals surface area contributed by atoms with Crippen LogP contribution in [0.25, 0.3) is 0 Å². The number of hydrogen-bond donors (Lipinski definition) is 2. The quantitative estimate of drug-likeness (QED) is 0.819. The number of anilines is 1. The van der Waals surface area contributed by atoms with Gasteiger partial charge in [0.2, 0.25) is 10.0 Å². The molecular weight excluding hydrogens is 370 g/mol. The largest absolute Gasteiger partial charge is 0.486 e. The molecule has 0 aromatic heterocycles. The third kappa shape index (κ3) is 4.68. The lowest BCUT2D eigenvalue weighted by Crippen LogP contribution is -2.50. The van der Waals surface area contributed by atoms with E-state index in [9.17, 15) is 13.2 Å². The van der Waals surface area contributed by atoms with Gasteiger partial charge in [-0.1, -0.05) is 11.6 Å². The Balaban J connectivity index is 1.67. The zero-order valence-electron chi connectivity index (χ0n) is 13.7. The molecule has 0 spiro atoms. The lowest BCUT2D eigenvalue weighted by Gasteiger charge is -2.32. The van der Waals surface area contributed by atoms with Crippen LogP contribution >= 0.6 is 11.6 Å². The van der Waals surface area contributed by atoms with Crippen molar-refractivity contribution in [1.29, 1.82) is 0 Å². The minimum absolute atomic E-state index is 0.287. The molecule has 2 aliphatic rings. The van der Waals surface area contributed by atoms with Crippen LogP contribution in [-0.2, 0) is 10.0 Å². The van der Waals surface area contributed by atoms with Crippen LogP contribution in [0.15, 0.2) is 12.1 Å². The van der Waals surface area contributed by atoms with E-state index in [1.54, 1.807) is 17.0 Å². The van der Waals surface area contributed by atoms with Gasteiger partial charge in [0.15, 0.2) is 11.5 Å². The van der Waals surface area contributed by atoms with Gasteiger partial charge in [0.1, 0.15) is 13.2 Å². The number of carbonyl (C=O) groups excluding carboxylic acids is 1. The average Bonchev–Trinajstić information content (AvgIpc) is 2.54. The molecule has 1 aromatic carbocycles. The van der Waals surface area contributed by atoms with Crippen molar-refractivity contribution in [3.05, 3.63) is 17.2 Å². The van der Waals surface area contributed by atoms with Crippen molar-refractivity contribution in [2.75, 3.05) is 37.9 Å². The van der Waals surface area contributed by atoms with Crippen LogP contribution in [-0.4, -0.2) is 57.9 Å². The predicted octanol–water partition coefficient (Wildman–Crippen LogP) is 1.66. The van der Waals surface area contributed by atoms with E-state index in [0.717, 1.165) is 12.7 Å². The number of amides is 2. The molecule has 0 aliphatic carbocycles. The van der Waals surface area contributed by atoms with E-state index in [4.69, 9.17) is 21.1 Å². The van der Waals surface area contributed by atoms with Crippen molar-refractivity contribution in [2.45, 2.75) is 18.9 Å². The molecule has 2 amide bonds. The average molecular weight is 390 g/mol. The molecule has 138 valence electrons. The smallest absolute Gasteiger partial charge is 0.321 e. The fraction of sp³-hybridized carbons (Fsp3) is 0.533. The molecular formula is C15H20ClN3O5S. The molecule has 25 heavy (non-hydrogen) atoms. The van der Waals surface area contributed by atoms with E-state index >= 15 is 0 Å². The SMILES string of the molecule is CS(=O)(=O)N[C@H]1CCCN(C(=O)Nc2cc3c(cc2Cl)OCCO3)C1. The number of hydrogen-bond acceptors (Lipinski definition) is 5. The van der Waals surface area contributed by atoms with Crippen molar-refractivity contribution in [1.82, 2.24) is 9.62 Å². The highest BCUT2D eigenvalue weighted by Gasteiger charge is 2.26. The third-order valence-electron chi connectivity index (χ3n) is 3.96. The molecule has 3 rings (SSSR count). The molecule has 1 atom stereocenters. The van der Waals surface area contributed by atoms with Gasteiger partial charge in [-0.3, -0.25) is 0 Å². The van der Waals surface area contributed by atoms with Crippen LogP contribution in [0.4, 0.5) is 10.5 Å². The number of rotatable bonds is 3. The summed E-state index contributed by atoms with van der Waals surface area (Å²) in [4.78, 5) is 14.1. The Bertz CT molecular complexity index is 771. The molecule has 10 heteroatoms. The molecule has 2 aliphatic heterocycles. The van der Waals surface area contributed by atoms with Crippen molar-refractivity contribution in [3.8, 4) is 11.5 Å². The number of nitrogens with one attached hydrogen (secondary N) is 2. The zero-order valence-corrected chi connectivity index (χ0v) is 15.3. The predicted molar refractivity (Wildman–Crippen MR) is 94.0 cm³/mol. The lowest BCUT2D eigenvalue weighted by atomic mass is 10.1. The summed E-state index contributed by atoms with van der Waals surface area (Å²) in [6.07, 6.45) is 2.53. The lowest BCUT2D eigenvalue weighted by molar-refractivity contribution is 0.171. The monoisotopic (exact) mass is 389 g/mol.